The van der Waals surface area contributed by atoms with Crippen molar-refractivity contribution in [2.45, 2.75) is 6.54 Å². The summed E-state index contributed by atoms with van der Waals surface area (Å²) in [7, 11) is 0. The SMILES string of the molecule is [c]1ccc2c(c1)CNN2. The summed E-state index contributed by atoms with van der Waals surface area (Å²) >= 11 is 0. The summed E-state index contributed by atoms with van der Waals surface area (Å²) in [6.45, 7) is 0.909. The number of hydrogen-bond acceptors (Lipinski definition) is 2. The maximum absolute atomic E-state index is 3.03. The average Bonchev–Trinajstić information content (AvgIpc) is 2.33. The Kier molecular flexibility index (Phi) is 0.932. The summed E-state index contributed by atoms with van der Waals surface area (Å²) in [5, 5.41) is 0. The molecule has 1 radical (unpaired) electrons. The van der Waals surface area contributed by atoms with E-state index in [9.17, 15) is 0 Å². The predicted octanol–water partition coefficient (Wildman–Crippen LogP) is 0.917. The third kappa shape index (κ3) is 0.678. The number of anilines is 1. The Bertz CT molecular complexity index is 197. The van der Waals surface area contributed by atoms with E-state index in [-0.39, 0.29) is 0 Å². The van der Waals surface area contributed by atoms with E-state index in [0.717, 1.165) is 6.54 Å². The van der Waals surface area contributed by atoms with Crippen LogP contribution in [-0.4, -0.2) is 0 Å². The van der Waals surface area contributed by atoms with Crippen LogP contribution in [0.15, 0.2) is 18.2 Å². The molecule has 0 spiro atoms. The fraction of sp³-hybridized carbons (Fsp3) is 0.143. The van der Waals surface area contributed by atoms with Crippen LogP contribution in [0, 0.1) is 6.07 Å². The second-order valence-electron chi connectivity index (χ2n) is 2.06. The fourth-order valence-corrected chi connectivity index (χ4v) is 0.968. The second-order valence-corrected chi connectivity index (χ2v) is 2.06. The van der Waals surface area contributed by atoms with Crippen LogP contribution in [0.1, 0.15) is 5.56 Å². The van der Waals surface area contributed by atoms with Crippen LogP contribution in [0.5, 0.6) is 0 Å². The Morgan fingerprint density at radius 1 is 1.56 bits per heavy atom. The summed E-state index contributed by atoms with van der Waals surface area (Å²) in [4.78, 5) is 0. The van der Waals surface area contributed by atoms with Gasteiger partial charge in [0.2, 0.25) is 0 Å². The highest BCUT2D eigenvalue weighted by Crippen LogP contribution is 2.16. The van der Waals surface area contributed by atoms with Gasteiger partial charge in [-0.2, -0.15) is 0 Å². The van der Waals surface area contributed by atoms with E-state index in [0.29, 0.717) is 0 Å². The summed E-state index contributed by atoms with van der Waals surface area (Å²) in [6.07, 6.45) is 0. The second kappa shape index (κ2) is 1.74. The molecule has 9 heavy (non-hydrogen) atoms. The van der Waals surface area contributed by atoms with Gasteiger partial charge in [0, 0.05) is 6.54 Å². The molecule has 0 unspecified atom stereocenters. The normalized spacial score (nSPS) is 14.7. The molecule has 2 nitrogen and oxygen atoms in total. The van der Waals surface area contributed by atoms with Crippen molar-refractivity contribution in [3.05, 3.63) is 29.8 Å². The van der Waals surface area contributed by atoms with Gasteiger partial charge in [0.15, 0.2) is 0 Å². The van der Waals surface area contributed by atoms with E-state index in [4.69, 9.17) is 0 Å². The molecule has 2 N–H and O–H groups in total. The molecule has 0 atom stereocenters. The van der Waals surface area contributed by atoms with Gasteiger partial charge < -0.3 is 5.43 Å². The minimum atomic E-state index is 0.909. The first-order chi connectivity index (χ1) is 4.47. The zero-order valence-corrected chi connectivity index (χ0v) is 4.94. The van der Waals surface area contributed by atoms with Crippen LogP contribution in [0.3, 0.4) is 0 Å². The number of fused-ring (bicyclic) bond motifs is 1. The standard InChI is InChI=1S/C7H7N2/c1-2-4-7-6(3-1)5-8-9-7/h2-4,8-9H,5H2. The van der Waals surface area contributed by atoms with E-state index < -0.39 is 0 Å². The highest BCUT2D eigenvalue weighted by atomic mass is 15.4. The van der Waals surface area contributed by atoms with Gasteiger partial charge in [-0.15, -0.1) is 0 Å². The smallest absolute Gasteiger partial charge is 0.0533 e. The van der Waals surface area contributed by atoms with Crippen molar-refractivity contribution in [3.8, 4) is 0 Å². The summed E-state index contributed by atoms with van der Waals surface area (Å²) in [5.41, 5.74) is 8.51. The van der Waals surface area contributed by atoms with Crippen LogP contribution in [0.2, 0.25) is 0 Å². The third-order valence-electron chi connectivity index (χ3n) is 1.45. The lowest BCUT2D eigenvalue weighted by Crippen LogP contribution is -2.10. The quantitative estimate of drug-likeness (QED) is 0.530. The van der Waals surface area contributed by atoms with Gasteiger partial charge in [-0.25, -0.2) is 5.43 Å². The largest absolute Gasteiger partial charge is 0.321 e. The number of hydrazine groups is 1. The highest BCUT2D eigenvalue weighted by molar-refractivity contribution is 5.52. The molecule has 0 aromatic heterocycles. The minimum absolute atomic E-state index is 0.909. The number of hydrogen-bond donors (Lipinski definition) is 2. The Labute approximate surface area is 53.9 Å². The van der Waals surface area contributed by atoms with Crippen molar-refractivity contribution in [2.75, 3.05) is 5.43 Å². The molecule has 2 heteroatoms. The Morgan fingerprint density at radius 3 is 3.44 bits per heavy atom. The predicted molar refractivity (Wildman–Crippen MR) is 35.7 cm³/mol. The first-order valence-corrected chi connectivity index (χ1v) is 2.95. The summed E-state index contributed by atoms with van der Waals surface area (Å²) in [5.74, 6) is 0. The zero-order chi connectivity index (χ0) is 6.10. The molecule has 1 aliphatic heterocycles. The molecule has 0 bridgehead atoms. The molecule has 0 saturated heterocycles. The van der Waals surface area contributed by atoms with Crippen LogP contribution in [-0.2, 0) is 6.54 Å². The van der Waals surface area contributed by atoms with Crippen LogP contribution < -0.4 is 10.9 Å². The Balaban J connectivity index is 2.54. The zero-order valence-electron chi connectivity index (χ0n) is 4.94. The van der Waals surface area contributed by atoms with Crippen molar-refractivity contribution in [3.63, 3.8) is 0 Å². The fourth-order valence-electron chi connectivity index (χ4n) is 0.968. The lowest BCUT2D eigenvalue weighted by molar-refractivity contribution is 0.860. The van der Waals surface area contributed by atoms with Crippen molar-refractivity contribution in [1.82, 2.24) is 5.43 Å². The lowest BCUT2D eigenvalue weighted by atomic mass is 10.2. The van der Waals surface area contributed by atoms with Gasteiger partial charge in [0.25, 0.3) is 0 Å². The summed E-state index contributed by atoms with van der Waals surface area (Å²) < 4.78 is 0. The van der Waals surface area contributed by atoms with E-state index in [1.165, 1.54) is 11.3 Å². The van der Waals surface area contributed by atoms with Crippen molar-refractivity contribution < 1.29 is 0 Å². The Hall–Kier alpha value is -1.02. The van der Waals surface area contributed by atoms with Gasteiger partial charge in [0.05, 0.1) is 5.69 Å². The first-order valence-electron chi connectivity index (χ1n) is 2.95. The molecule has 0 fully saturated rings. The maximum Gasteiger partial charge on any atom is 0.0533 e. The molecule has 0 saturated carbocycles. The van der Waals surface area contributed by atoms with Gasteiger partial charge in [0.1, 0.15) is 0 Å². The molecule has 0 aliphatic carbocycles. The maximum atomic E-state index is 3.03. The molecular weight excluding hydrogens is 112 g/mol. The van der Waals surface area contributed by atoms with Crippen LogP contribution in [0.25, 0.3) is 0 Å². The molecule has 1 heterocycles. The summed E-state index contributed by atoms with van der Waals surface area (Å²) in [6, 6.07) is 8.91. The molecule has 1 aromatic rings. The molecule has 0 amide bonds. The number of nitrogens with one attached hydrogen (secondary N) is 2. The van der Waals surface area contributed by atoms with Crippen molar-refractivity contribution >= 4 is 5.69 Å². The molecule has 1 aliphatic rings. The Morgan fingerprint density at radius 2 is 2.56 bits per heavy atom. The molecule has 45 valence electrons. The molecule has 2 rings (SSSR count). The van der Waals surface area contributed by atoms with Gasteiger partial charge in [-0.1, -0.05) is 6.07 Å². The minimum Gasteiger partial charge on any atom is -0.321 e. The highest BCUT2D eigenvalue weighted by Gasteiger charge is 2.05. The first kappa shape index (κ1) is 4.82. The number of benzene rings is 1. The topological polar surface area (TPSA) is 24.1 Å². The molecule has 1 aromatic carbocycles. The van der Waals surface area contributed by atoms with E-state index in [2.05, 4.69) is 16.9 Å². The van der Waals surface area contributed by atoms with Crippen LogP contribution in [0.4, 0.5) is 5.69 Å². The van der Waals surface area contributed by atoms with Crippen molar-refractivity contribution in [2.24, 2.45) is 0 Å². The number of rotatable bonds is 0. The van der Waals surface area contributed by atoms with Gasteiger partial charge >= 0.3 is 0 Å². The van der Waals surface area contributed by atoms with Gasteiger partial charge in [-0.05, 0) is 23.8 Å². The van der Waals surface area contributed by atoms with E-state index >= 15 is 0 Å². The average molecular weight is 119 g/mol. The van der Waals surface area contributed by atoms with Crippen LogP contribution >= 0.6 is 0 Å². The van der Waals surface area contributed by atoms with Crippen molar-refractivity contribution in [1.29, 1.82) is 0 Å². The lowest BCUT2D eigenvalue weighted by Gasteiger charge is -1.93. The van der Waals surface area contributed by atoms with E-state index in [1.54, 1.807) is 0 Å². The monoisotopic (exact) mass is 119 g/mol. The van der Waals surface area contributed by atoms with Gasteiger partial charge in [-0.3, -0.25) is 0 Å². The molecular formula is C7H7N2. The third-order valence-corrected chi connectivity index (χ3v) is 1.45. The van der Waals surface area contributed by atoms with E-state index in [1.807, 2.05) is 18.2 Å².